The molecule has 4 rings (SSSR count). The largest absolute Gasteiger partial charge is 0.352 e. The molecule has 4 heterocycles. The second-order valence-electron chi connectivity index (χ2n) is 7.60. The fourth-order valence-corrected chi connectivity index (χ4v) is 4.36. The lowest BCUT2D eigenvalue weighted by Gasteiger charge is -2.29. The van der Waals surface area contributed by atoms with Crippen LogP contribution >= 0.6 is 12.2 Å². The number of hydrogen-bond acceptors (Lipinski definition) is 5. The first-order valence-corrected chi connectivity index (χ1v) is 10.0. The van der Waals surface area contributed by atoms with Gasteiger partial charge in [0, 0.05) is 36.2 Å². The minimum absolute atomic E-state index is 0.0132. The molecular weight excluding hydrogens is 384 g/mol. The fraction of sp³-hybridized carbons (Fsp3) is 0.400. The Morgan fingerprint density at radius 1 is 1.17 bits per heavy atom. The Morgan fingerprint density at radius 3 is 2.59 bits per heavy atom. The molecule has 0 unspecified atom stereocenters. The summed E-state index contributed by atoms with van der Waals surface area (Å²) in [4.78, 5) is 9.08. The first-order chi connectivity index (χ1) is 14.0. The maximum absolute atomic E-state index is 5.75. The van der Waals surface area contributed by atoms with Gasteiger partial charge in [-0.2, -0.15) is 0 Å². The van der Waals surface area contributed by atoms with E-state index >= 15 is 0 Å². The van der Waals surface area contributed by atoms with Gasteiger partial charge in [-0.25, -0.2) is 4.68 Å². The lowest BCUT2D eigenvalue weighted by Crippen LogP contribution is -2.35. The second kappa shape index (κ2) is 7.92. The highest BCUT2D eigenvalue weighted by Crippen LogP contribution is 2.40. The van der Waals surface area contributed by atoms with E-state index in [1.54, 1.807) is 12.7 Å². The molecule has 0 bridgehead atoms. The van der Waals surface area contributed by atoms with Crippen molar-refractivity contribution < 1.29 is 0 Å². The van der Waals surface area contributed by atoms with Crippen LogP contribution in [0.15, 0.2) is 43.1 Å². The third-order valence-electron chi connectivity index (χ3n) is 5.38. The van der Waals surface area contributed by atoms with Crippen LogP contribution in [0, 0.1) is 13.8 Å². The first-order valence-electron chi connectivity index (χ1n) is 9.64. The lowest BCUT2D eigenvalue weighted by atomic mass is 9.97. The molecule has 2 atom stereocenters. The molecule has 1 aliphatic rings. The third kappa shape index (κ3) is 3.63. The molecule has 0 aromatic carbocycles. The minimum Gasteiger partial charge on any atom is -0.352 e. The van der Waals surface area contributed by atoms with Crippen molar-refractivity contribution in [1.82, 2.24) is 39.7 Å². The second-order valence-corrected chi connectivity index (χ2v) is 7.99. The predicted molar refractivity (Wildman–Crippen MR) is 115 cm³/mol. The average molecular weight is 411 g/mol. The highest BCUT2D eigenvalue weighted by Gasteiger charge is 2.41. The summed E-state index contributed by atoms with van der Waals surface area (Å²) in [6.45, 7) is 5.97. The Balaban J connectivity index is 1.79. The van der Waals surface area contributed by atoms with Gasteiger partial charge in [0.2, 0.25) is 0 Å². The highest BCUT2D eigenvalue weighted by atomic mass is 32.1. The van der Waals surface area contributed by atoms with Gasteiger partial charge in [-0.05, 0) is 58.4 Å². The van der Waals surface area contributed by atoms with Crippen molar-refractivity contribution in [1.29, 1.82) is 0 Å². The molecule has 0 aliphatic carbocycles. The van der Waals surface area contributed by atoms with Crippen molar-refractivity contribution >= 4 is 17.3 Å². The maximum atomic E-state index is 5.75. The Bertz CT molecular complexity index is 980. The van der Waals surface area contributed by atoms with Crippen LogP contribution in [0.3, 0.4) is 0 Å². The quantitative estimate of drug-likeness (QED) is 0.623. The molecule has 1 N–H and O–H groups in total. The van der Waals surface area contributed by atoms with E-state index in [-0.39, 0.29) is 12.1 Å². The number of thiocarbonyl (C=S) groups is 1. The molecule has 0 spiro atoms. The Kier molecular flexibility index (Phi) is 5.33. The molecule has 8 nitrogen and oxygen atoms in total. The zero-order valence-corrected chi connectivity index (χ0v) is 18.0. The van der Waals surface area contributed by atoms with Crippen LogP contribution in [0.2, 0.25) is 0 Å². The van der Waals surface area contributed by atoms with Gasteiger partial charge in [0.05, 0.1) is 17.8 Å². The monoisotopic (exact) mass is 410 g/mol. The summed E-state index contributed by atoms with van der Waals surface area (Å²) >= 11 is 5.75. The summed E-state index contributed by atoms with van der Waals surface area (Å²) in [6, 6.07) is 8.28. The molecule has 29 heavy (non-hydrogen) atoms. The topological polar surface area (TPSA) is 67.0 Å². The van der Waals surface area contributed by atoms with Crippen LogP contribution in [-0.4, -0.2) is 66.6 Å². The summed E-state index contributed by atoms with van der Waals surface area (Å²) < 4.78 is 4.02. The van der Waals surface area contributed by atoms with E-state index in [1.165, 1.54) is 5.56 Å². The van der Waals surface area contributed by atoms with E-state index in [9.17, 15) is 0 Å². The summed E-state index contributed by atoms with van der Waals surface area (Å²) in [6.07, 6.45) is 5.25. The molecule has 1 aliphatic heterocycles. The molecule has 1 fully saturated rings. The fourth-order valence-electron chi connectivity index (χ4n) is 4.02. The molecule has 1 saturated heterocycles. The van der Waals surface area contributed by atoms with Gasteiger partial charge in [-0.15, -0.1) is 10.2 Å². The Hall–Kier alpha value is -2.78. The van der Waals surface area contributed by atoms with Crippen LogP contribution < -0.4 is 5.32 Å². The zero-order valence-electron chi connectivity index (χ0n) is 17.1. The zero-order chi connectivity index (χ0) is 20.5. The Morgan fingerprint density at radius 2 is 1.93 bits per heavy atom. The van der Waals surface area contributed by atoms with E-state index in [0.29, 0.717) is 0 Å². The average Bonchev–Trinajstić information content (AvgIpc) is 3.39. The summed E-state index contributed by atoms with van der Waals surface area (Å²) in [5, 5.41) is 12.2. The van der Waals surface area contributed by atoms with Gasteiger partial charge in [-0.3, -0.25) is 9.66 Å². The smallest absolute Gasteiger partial charge is 0.170 e. The van der Waals surface area contributed by atoms with Gasteiger partial charge in [0.1, 0.15) is 12.7 Å². The highest BCUT2D eigenvalue weighted by molar-refractivity contribution is 7.80. The third-order valence-corrected chi connectivity index (χ3v) is 5.73. The van der Waals surface area contributed by atoms with Crippen LogP contribution in [0.4, 0.5) is 0 Å². The first kappa shape index (κ1) is 19.5. The van der Waals surface area contributed by atoms with Crippen molar-refractivity contribution in [3.05, 3.63) is 65.8 Å². The van der Waals surface area contributed by atoms with Crippen molar-refractivity contribution in [2.45, 2.75) is 25.9 Å². The molecule has 3 aromatic heterocycles. The summed E-state index contributed by atoms with van der Waals surface area (Å²) in [5.74, 6) is 0. The molecule has 0 amide bonds. The van der Waals surface area contributed by atoms with E-state index < -0.39 is 0 Å². The van der Waals surface area contributed by atoms with Crippen LogP contribution in [-0.2, 0) is 0 Å². The van der Waals surface area contributed by atoms with Gasteiger partial charge < -0.3 is 15.1 Å². The maximum Gasteiger partial charge on any atom is 0.170 e. The van der Waals surface area contributed by atoms with Gasteiger partial charge >= 0.3 is 0 Å². The van der Waals surface area contributed by atoms with E-state index in [0.717, 1.165) is 35.3 Å². The number of nitrogens with one attached hydrogen (secondary N) is 1. The molecule has 3 aromatic rings. The van der Waals surface area contributed by atoms with E-state index in [2.05, 4.69) is 75.0 Å². The number of aromatic nitrogens is 5. The number of aryl methyl sites for hydroxylation is 1. The Labute approximate surface area is 176 Å². The van der Waals surface area contributed by atoms with Gasteiger partial charge in [-0.1, -0.05) is 6.07 Å². The SMILES string of the molecule is Cc1cc([C@@H]2[C@@H](c3ccccn3)NC(=S)N2CCN(C)C)c(C)n1-n1cnnc1. The van der Waals surface area contributed by atoms with Crippen LogP contribution in [0.25, 0.3) is 0 Å². The number of likely N-dealkylation sites (N-methyl/N-ethyl adjacent to an activating group) is 1. The molecule has 152 valence electrons. The molecule has 0 radical (unpaired) electrons. The van der Waals surface area contributed by atoms with Crippen molar-refractivity contribution in [2.24, 2.45) is 0 Å². The minimum atomic E-state index is -0.0132. The van der Waals surface area contributed by atoms with Crippen LogP contribution in [0.1, 0.15) is 34.7 Å². The van der Waals surface area contributed by atoms with Crippen molar-refractivity contribution in [3.63, 3.8) is 0 Å². The van der Waals surface area contributed by atoms with Crippen LogP contribution in [0.5, 0.6) is 0 Å². The van der Waals surface area contributed by atoms with Crippen molar-refractivity contribution in [3.8, 4) is 0 Å². The molecule has 9 heteroatoms. The number of nitrogens with zero attached hydrogens (tertiary/aromatic N) is 7. The number of rotatable bonds is 6. The number of pyridine rings is 1. The lowest BCUT2D eigenvalue weighted by molar-refractivity contribution is 0.277. The van der Waals surface area contributed by atoms with Gasteiger partial charge in [0.15, 0.2) is 5.11 Å². The van der Waals surface area contributed by atoms with E-state index in [4.69, 9.17) is 12.2 Å². The van der Waals surface area contributed by atoms with E-state index in [1.807, 2.05) is 23.0 Å². The standard InChI is InChI=1S/C20H26N8S/c1-14-11-16(15(2)28(14)26-12-22-23-13-26)19-18(17-7-5-6-8-21-17)24-20(29)27(19)10-9-25(3)4/h5-8,11-13,18-19H,9-10H2,1-4H3,(H,24,29)/t18-,19-/m1/s1. The van der Waals surface area contributed by atoms with Gasteiger partial charge in [0.25, 0.3) is 0 Å². The number of hydrogen-bond donors (Lipinski definition) is 1. The molecule has 0 saturated carbocycles. The summed E-state index contributed by atoms with van der Waals surface area (Å²) in [7, 11) is 4.16. The summed E-state index contributed by atoms with van der Waals surface area (Å²) in [5.41, 5.74) is 4.45. The molecular formula is C20H26N8S. The van der Waals surface area contributed by atoms with Crippen molar-refractivity contribution in [2.75, 3.05) is 27.2 Å². The predicted octanol–water partition coefficient (Wildman–Crippen LogP) is 1.94. The normalized spacial score (nSPS) is 19.2.